The molecule has 0 aliphatic rings. The minimum absolute atomic E-state index is 0.0579. The third-order valence-corrected chi connectivity index (χ3v) is 4.14. The number of carbonyl (C=O) groups is 1. The lowest BCUT2D eigenvalue weighted by Crippen LogP contribution is -2.26. The third-order valence-electron chi connectivity index (χ3n) is 4.14. The van der Waals surface area contributed by atoms with E-state index in [1.54, 1.807) is 0 Å². The van der Waals surface area contributed by atoms with E-state index in [4.69, 9.17) is 0 Å². The van der Waals surface area contributed by atoms with E-state index in [1.807, 2.05) is 68.5 Å². The molecule has 0 unspecified atom stereocenters. The Morgan fingerprint density at radius 2 is 1.96 bits per heavy atom. The van der Waals surface area contributed by atoms with Crippen molar-refractivity contribution in [2.24, 2.45) is 7.05 Å². The number of nitrogens with zero attached hydrogens (tertiary/aromatic N) is 3. The van der Waals surface area contributed by atoms with Crippen LogP contribution < -0.4 is 10.2 Å². The molecule has 0 aliphatic carbocycles. The summed E-state index contributed by atoms with van der Waals surface area (Å²) < 4.78 is 2.08. The minimum atomic E-state index is -0.0579. The molecule has 0 aliphatic heterocycles. The van der Waals surface area contributed by atoms with Crippen LogP contribution >= 0.6 is 0 Å². The van der Waals surface area contributed by atoms with Crippen LogP contribution in [0.1, 0.15) is 16.2 Å². The first-order valence-electron chi connectivity index (χ1n) is 8.02. The maximum absolute atomic E-state index is 12.3. The van der Waals surface area contributed by atoms with Gasteiger partial charge in [-0.3, -0.25) is 4.79 Å². The molecule has 0 saturated carbocycles. The highest BCUT2D eigenvalue weighted by Gasteiger charge is 2.09. The van der Waals surface area contributed by atoms with Gasteiger partial charge in [0, 0.05) is 45.4 Å². The Balaban J connectivity index is 1.64. The van der Waals surface area contributed by atoms with Crippen molar-refractivity contribution in [3.05, 3.63) is 59.9 Å². The third kappa shape index (κ3) is 3.25. The molecule has 0 atom stereocenters. The molecule has 0 saturated heterocycles. The number of rotatable bonds is 5. The van der Waals surface area contributed by atoms with Crippen LogP contribution in [-0.4, -0.2) is 36.1 Å². The van der Waals surface area contributed by atoms with Crippen LogP contribution in [0.25, 0.3) is 11.0 Å². The van der Waals surface area contributed by atoms with E-state index in [-0.39, 0.29) is 5.91 Å². The lowest BCUT2D eigenvalue weighted by molar-refractivity contribution is 0.0954. The van der Waals surface area contributed by atoms with Crippen molar-refractivity contribution in [3.63, 3.8) is 0 Å². The van der Waals surface area contributed by atoms with Crippen molar-refractivity contribution in [1.29, 1.82) is 0 Å². The van der Waals surface area contributed by atoms with E-state index in [9.17, 15) is 4.79 Å². The zero-order valence-electron chi connectivity index (χ0n) is 14.3. The van der Waals surface area contributed by atoms with Crippen LogP contribution in [0, 0.1) is 0 Å². The summed E-state index contributed by atoms with van der Waals surface area (Å²) in [6.45, 7) is 0.558. The number of anilines is 1. The van der Waals surface area contributed by atoms with Gasteiger partial charge in [-0.25, -0.2) is 4.98 Å². The number of aromatic nitrogens is 2. The number of hydrogen-bond acceptors (Lipinski definition) is 3. The quantitative estimate of drug-likeness (QED) is 0.785. The molecule has 0 fully saturated rings. The maximum Gasteiger partial charge on any atom is 0.251 e. The van der Waals surface area contributed by atoms with Gasteiger partial charge in [-0.15, -0.1) is 0 Å². The predicted molar refractivity (Wildman–Crippen MR) is 97.5 cm³/mol. The second-order valence-corrected chi connectivity index (χ2v) is 6.03. The summed E-state index contributed by atoms with van der Waals surface area (Å²) in [6.07, 6.45) is 0.699. The highest BCUT2D eigenvalue weighted by atomic mass is 16.1. The number of fused-ring (bicyclic) bond motifs is 1. The van der Waals surface area contributed by atoms with Gasteiger partial charge in [0.05, 0.1) is 11.0 Å². The Hall–Kier alpha value is -2.82. The summed E-state index contributed by atoms with van der Waals surface area (Å²) in [5.74, 6) is 0.913. The standard InChI is InChI=1S/C19H22N4O/c1-22(2)15-8-6-7-14(13-15)19(24)20-12-11-18-21-16-9-4-5-10-17(16)23(18)3/h4-10,13H,11-12H2,1-3H3,(H,20,24). The van der Waals surface area contributed by atoms with Crippen molar-refractivity contribution >= 4 is 22.6 Å². The Morgan fingerprint density at radius 1 is 1.17 bits per heavy atom. The van der Waals surface area contributed by atoms with Gasteiger partial charge in [-0.1, -0.05) is 18.2 Å². The number of aryl methyl sites for hydroxylation is 1. The van der Waals surface area contributed by atoms with Gasteiger partial charge in [0.15, 0.2) is 0 Å². The molecule has 1 aromatic heterocycles. The summed E-state index contributed by atoms with van der Waals surface area (Å²) in [6, 6.07) is 15.7. The van der Waals surface area contributed by atoms with Gasteiger partial charge in [-0.2, -0.15) is 0 Å². The fourth-order valence-electron chi connectivity index (χ4n) is 2.73. The summed E-state index contributed by atoms with van der Waals surface area (Å²) in [5.41, 5.74) is 3.78. The molecule has 3 rings (SSSR count). The maximum atomic E-state index is 12.3. The van der Waals surface area contributed by atoms with E-state index in [1.165, 1.54) is 0 Å². The van der Waals surface area contributed by atoms with Gasteiger partial charge in [0.1, 0.15) is 5.82 Å². The molecule has 124 valence electrons. The monoisotopic (exact) mass is 322 g/mol. The smallest absolute Gasteiger partial charge is 0.251 e. The van der Waals surface area contributed by atoms with Gasteiger partial charge in [0.2, 0.25) is 0 Å². The first-order chi connectivity index (χ1) is 11.6. The summed E-state index contributed by atoms with van der Waals surface area (Å²) >= 11 is 0. The van der Waals surface area contributed by atoms with Crippen molar-refractivity contribution in [2.45, 2.75) is 6.42 Å². The van der Waals surface area contributed by atoms with Crippen molar-refractivity contribution < 1.29 is 4.79 Å². The zero-order valence-corrected chi connectivity index (χ0v) is 14.3. The molecule has 1 amide bonds. The normalized spacial score (nSPS) is 10.8. The van der Waals surface area contributed by atoms with Crippen LogP contribution in [0.4, 0.5) is 5.69 Å². The molecule has 5 heteroatoms. The number of carbonyl (C=O) groups excluding carboxylic acids is 1. The number of nitrogens with one attached hydrogen (secondary N) is 1. The fraction of sp³-hybridized carbons (Fsp3) is 0.263. The van der Waals surface area contributed by atoms with Crippen molar-refractivity contribution in [2.75, 3.05) is 25.5 Å². The van der Waals surface area contributed by atoms with Gasteiger partial charge in [-0.05, 0) is 30.3 Å². The molecule has 3 aromatic rings. The first-order valence-corrected chi connectivity index (χ1v) is 8.02. The molecule has 0 spiro atoms. The Kier molecular flexibility index (Phi) is 4.51. The molecule has 2 aromatic carbocycles. The molecule has 0 bridgehead atoms. The Bertz CT molecular complexity index is 867. The number of hydrogen-bond donors (Lipinski definition) is 1. The van der Waals surface area contributed by atoms with Gasteiger partial charge < -0.3 is 14.8 Å². The second kappa shape index (κ2) is 6.74. The van der Waals surface area contributed by atoms with Crippen LogP contribution in [0.2, 0.25) is 0 Å². The zero-order chi connectivity index (χ0) is 17.1. The average Bonchev–Trinajstić information content (AvgIpc) is 2.91. The second-order valence-electron chi connectivity index (χ2n) is 6.03. The minimum Gasteiger partial charge on any atom is -0.378 e. The molecule has 0 radical (unpaired) electrons. The van der Waals surface area contributed by atoms with E-state index < -0.39 is 0 Å². The lowest BCUT2D eigenvalue weighted by Gasteiger charge is -2.13. The lowest BCUT2D eigenvalue weighted by atomic mass is 10.2. The topological polar surface area (TPSA) is 50.2 Å². The molecule has 24 heavy (non-hydrogen) atoms. The van der Waals surface area contributed by atoms with Crippen LogP contribution in [0.3, 0.4) is 0 Å². The number of amides is 1. The summed E-state index contributed by atoms with van der Waals surface area (Å²) in [4.78, 5) is 18.9. The van der Waals surface area contributed by atoms with E-state index in [0.717, 1.165) is 22.5 Å². The molecule has 5 nitrogen and oxygen atoms in total. The molecule has 1 heterocycles. The largest absolute Gasteiger partial charge is 0.378 e. The van der Waals surface area contributed by atoms with Crippen molar-refractivity contribution in [3.8, 4) is 0 Å². The number of imidazole rings is 1. The molecular weight excluding hydrogens is 300 g/mol. The average molecular weight is 322 g/mol. The van der Waals surface area contributed by atoms with Gasteiger partial charge in [0.25, 0.3) is 5.91 Å². The molecule has 1 N–H and O–H groups in total. The van der Waals surface area contributed by atoms with E-state index in [2.05, 4.69) is 20.9 Å². The molecular formula is C19H22N4O. The summed E-state index contributed by atoms with van der Waals surface area (Å²) in [7, 11) is 5.93. The van der Waals surface area contributed by atoms with Crippen LogP contribution in [0.5, 0.6) is 0 Å². The summed E-state index contributed by atoms with van der Waals surface area (Å²) in [5, 5.41) is 2.97. The van der Waals surface area contributed by atoms with Crippen molar-refractivity contribution in [1.82, 2.24) is 14.9 Å². The van der Waals surface area contributed by atoms with E-state index in [0.29, 0.717) is 18.5 Å². The van der Waals surface area contributed by atoms with E-state index >= 15 is 0 Å². The Labute approximate surface area is 141 Å². The van der Waals surface area contributed by atoms with Crippen LogP contribution in [-0.2, 0) is 13.5 Å². The number of para-hydroxylation sites is 2. The van der Waals surface area contributed by atoms with Crippen LogP contribution in [0.15, 0.2) is 48.5 Å². The highest BCUT2D eigenvalue weighted by molar-refractivity contribution is 5.95. The predicted octanol–water partition coefficient (Wildman–Crippen LogP) is 2.61. The highest BCUT2D eigenvalue weighted by Crippen LogP contribution is 2.15. The SMILES string of the molecule is CN(C)c1cccc(C(=O)NCCc2nc3ccccc3n2C)c1. The van der Waals surface area contributed by atoms with Gasteiger partial charge >= 0.3 is 0 Å². The fourth-order valence-corrected chi connectivity index (χ4v) is 2.73. The first kappa shape index (κ1) is 16.1. The Morgan fingerprint density at radius 3 is 2.71 bits per heavy atom. The number of benzene rings is 2.